The van der Waals surface area contributed by atoms with E-state index in [1.165, 1.54) is 18.2 Å². The van der Waals surface area contributed by atoms with Crippen LogP contribution in [0.3, 0.4) is 0 Å². The fraction of sp³-hybridized carbons (Fsp3) is 0.250. The minimum atomic E-state index is -4.04. The average molecular weight is 337 g/mol. The second-order valence-corrected chi connectivity index (χ2v) is 7.35. The lowest BCUT2D eigenvalue weighted by molar-refractivity contribution is 0.607. The molecule has 0 fully saturated rings. The molecule has 0 saturated heterocycles. The molecular weight excluding hydrogens is 326 g/mol. The Kier molecular flexibility index (Phi) is 4.09. The van der Waals surface area contributed by atoms with Gasteiger partial charge in [0.2, 0.25) is 0 Å². The van der Waals surface area contributed by atoms with Crippen molar-refractivity contribution in [1.82, 2.24) is 9.78 Å². The van der Waals surface area contributed by atoms with Crippen molar-refractivity contribution in [2.24, 2.45) is 0 Å². The van der Waals surface area contributed by atoms with Crippen LogP contribution in [-0.2, 0) is 9.05 Å². The molecule has 0 saturated carbocycles. The van der Waals surface area contributed by atoms with E-state index in [1.807, 2.05) is 0 Å². The Morgan fingerprint density at radius 1 is 1.35 bits per heavy atom. The molecule has 0 aliphatic rings. The molecule has 2 aromatic rings. The van der Waals surface area contributed by atoms with E-state index in [0.717, 1.165) is 4.68 Å². The van der Waals surface area contributed by atoms with E-state index >= 15 is 0 Å². The van der Waals surface area contributed by atoms with Gasteiger partial charge in [0, 0.05) is 10.7 Å². The van der Waals surface area contributed by atoms with Crippen LogP contribution in [0.4, 0.5) is 4.39 Å². The molecule has 0 N–H and O–H groups in total. The number of hydrogen-bond acceptors (Lipinski definition) is 3. The summed E-state index contributed by atoms with van der Waals surface area (Å²) >= 11 is 6.06. The Labute approximate surface area is 125 Å². The third-order valence-corrected chi connectivity index (χ3v) is 4.47. The Morgan fingerprint density at radius 3 is 2.45 bits per heavy atom. The van der Waals surface area contributed by atoms with Crippen molar-refractivity contribution in [3.8, 4) is 5.69 Å². The summed E-state index contributed by atoms with van der Waals surface area (Å²) in [5, 5.41) is 3.98. The first-order chi connectivity index (χ1) is 9.21. The van der Waals surface area contributed by atoms with Gasteiger partial charge in [0.1, 0.15) is 10.7 Å². The molecule has 0 bridgehead atoms. The molecule has 20 heavy (non-hydrogen) atoms. The summed E-state index contributed by atoms with van der Waals surface area (Å²) in [6.07, 6.45) is 0. The zero-order valence-corrected chi connectivity index (χ0v) is 13.0. The van der Waals surface area contributed by atoms with E-state index in [1.54, 1.807) is 19.9 Å². The molecule has 0 amide bonds. The van der Waals surface area contributed by atoms with Gasteiger partial charge < -0.3 is 0 Å². The maximum atomic E-state index is 13.3. The van der Waals surface area contributed by atoms with Crippen molar-refractivity contribution < 1.29 is 12.8 Å². The van der Waals surface area contributed by atoms with Crippen molar-refractivity contribution in [2.45, 2.75) is 24.7 Å². The molecule has 0 aliphatic carbocycles. The first kappa shape index (κ1) is 15.3. The normalized spacial score (nSPS) is 12.1. The SMILES string of the molecule is CC(C)c1nn(-c2cccc(F)c2)c(Cl)c1S(=O)(=O)Cl. The summed E-state index contributed by atoms with van der Waals surface area (Å²) in [4.78, 5) is -0.236. The number of aromatic nitrogens is 2. The zero-order chi connectivity index (χ0) is 15.1. The highest BCUT2D eigenvalue weighted by Crippen LogP contribution is 2.34. The van der Waals surface area contributed by atoms with Crippen LogP contribution in [0.1, 0.15) is 25.5 Å². The summed E-state index contributed by atoms with van der Waals surface area (Å²) in [6.45, 7) is 3.53. The molecule has 0 atom stereocenters. The maximum absolute atomic E-state index is 13.3. The van der Waals surface area contributed by atoms with Gasteiger partial charge in [-0.15, -0.1) is 0 Å². The molecule has 108 valence electrons. The standard InChI is InChI=1S/C12H11Cl2FN2O2S/c1-7(2)10-11(20(14,18)19)12(13)17(16-10)9-5-3-4-8(15)6-9/h3-7H,1-2H3. The highest BCUT2D eigenvalue weighted by Gasteiger charge is 2.28. The number of nitrogens with zero attached hydrogens (tertiary/aromatic N) is 2. The summed E-state index contributed by atoms with van der Waals surface area (Å²) in [6, 6.07) is 5.51. The fourth-order valence-corrected chi connectivity index (χ4v) is 3.71. The van der Waals surface area contributed by atoms with Gasteiger partial charge in [-0.1, -0.05) is 31.5 Å². The van der Waals surface area contributed by atoms with Gasteiger partial charge >= 0.3 is 0 Å². The molecule has 2 rings (SSSR count). The maximum Gasteiger partial charge on any atom is 0.266 e. The van der Waals surface area contributed by atoms with Gasteiger partial charge in [-0.3, -0.25) is 0 Å². The Bertz CT molecular complexity index is 757. The lowest BCUT2D eigenvalue weighted by Crippen LogP contribution is -1.98. The first-order valence-corrected chi connectivity index (χ1v) is 8.39. The molecule has 1 aromatic heterocycles. The molecular formula is C12H11Cl2FN2O2S. The van der Waals surface area contributed by atoms with E-state index in [0.29, 0.717) is 5.69 Å². The van der Waals surface area contributed by atoms with Gasteiger partial charge in [-0.25, -0.2) is 17.5 Å². The van der Waals surface area contributed by atoms with Crippen LogP contribution in [0.5, 0.6) is 0 Å². The molecule has 4 nitrogen and oxygen atoms in total. The molecule has 1 heterocycles. The summed E-state index contributed by atoms with van der Waals surface area (Å²) in [5.74, 6) is -0.679. The molecule has 0 radical (unpaired) electrons. The number of benzene rings is 1. The van der Waals surface area contributed by atoms with Gasteiger partial charge in [-0.2, -0.15) is 5.10 Å². The van der Waals surface area contributed by atoms with Crippen LogP contribution in [0.2, 0.25) is 5.15 Å². The lowest BCUT2D eigenvalue weighted by Gasteiger charge is -2.02. The molecule has 0 spiro atoms. The highest BCUT2D eigenvalue weighted by molar-refractivity contribution is 8.13. The topological polar surface area (TPSA) is 52.0 Å². The van der Waals surface area contributed by atoms with Crippen LogP contribution in [-0.4, -0.2) is 18.2 Å². The first-order valence-electron chi connectivity index (χ1n) is 5.71. The second-order valence-electron chi connectivity index (χ2n) is 4.49. The van der Waals surface area contributed by atoms with Gasteiger partial charge in [-0.05, 0) is 24.1 Å². The van der Waals surface area contributed by atoms with Crippen molar-refractivity contribution in [2.75, 3.05) is 0 Å². The Hall–Kier alpha value is -1.11. The minimum absolute atomic E-state index is 0.158. The van der Waals surface area contributed by atoms with Gasteiger partial charge in [0.25, 0.3) is 9.05 Å². The van der Waals surface area contributed by atoms with Crippen LogP contribution in [0, 0.1) is 5.82 Å². The summed E-state index contributed by atoms with van der Waals surface area (Å²) < 4.78 is 37.7. The molecule has 8 heteroatoms. The largest absolute Gasteiger partial charge is 0.266 e. The predicted octanol–water partition coefficient (Wildman–Crippen LogP) is 3.72. The number of hydrogen-bond donors (Lipinski definition) is 0. The minimum Gasteiger partial charge on any atom is -0.220 e. The van der Waals surface area contributed by atoms with Crippen LogP contribution < -0.4 is 0 Å². The highest BCUT2D eigenvalue weighted by atomic mass is 35.7. The monoisotopic (exact) mass is 336 g/mol. The summed E-state index contributed by atoms with van der Waals surface area (Å²) in [7, 11) is 1.36. The van der Waals surface area contributed by atoms with Crippen molar-refractivity contribution in [3.63, 3.8) is 0 Å². The Balaban J connectivity index is 2.75. The molecule has 1 aromatic carbocycles. The zero-order valence-electron chi connectivity index (χ0n) is 10.6. The smallest absolute Gasteiger partial charge is 0.220 e. The van der Waals surface area contributed by atoms with Crippen molar-refractivity contribution >= 4 is 31.3 Å². The van der Waals surface area contributed by atoms with Gasteiger partial charge in [0.05, 0.1) is 11.4 Å². The van der Waals surface area contributed by atoms with E-state index in [-0.39, 0.29) is 21.7 Å². The number of halogens is 3. The Morgan fingerprint density at radius 2 is 2.00 bits per heavy atom. The van der Waals surface area contributed by atoms with E-state index in [4.69, 9.17) is 22.3 Å². The lowest BCUT2D eigenvalue weighted by atomic mass is 10.1. The molecule has 0 aliphatic heterocycles. The van der Waals surface area contributed by atoms with Crippen LogP contribution in [0.25, 0.3) is 5.69 Å². The van der Waals surface area contributed by atoms with E-state index in [2.05, 4.69) is 5.10 Å². The van der Waals surface area contributed by atoms with Crippen molar-refractivity contribution in [3.05, 3.63) is 40.9 Å². The van der Waals surface area contributed by atoms with Crippen LogP contribution >= 0.6 is 22.3 Å². The average Bonchev–Trinajstić information content (AvgIpc) is 2.66. The van der Waals surface area contributed by atoms with Crippen molar-refractivity contribution in [1.29, 1.82) is 0 Å². The van der Waals surface area contributed by atoms with E-state index < -0.39 is 14.9 Å². The van der Waals surface area contributed by atoms with E-state index in [9.17, 15) is 12.8 Å². The molecule has 0 unspecified atom stereocenters. The quantitative estimate of drug-likeness (QED) is 0.802. The number of rotatable bonds is 3. The third-order valence-electron chi connectivity index (χ3n) is 2.66. The fourth-order valence-electron chi connectivity index (χ4n) is 1.78. The van der Waals surface area contributed by atoms with Crippen LogP contribution in [0.15, 0.2) is 29.2 Å². The van der Waals surface area contributed by atoms with Gasteiger partial charge in [0.15, 0.2) is 5.15 Å². The third kappa shape index (κ3) is 2.82. The second kappa shape index (κ2) is 5.35. The summed E-state index contributed by atoms with van der Waals surface area (Å²) in [5.41, 5.74) is 0.567. The predicted molar refractivity (Wildman–Crippen MR) is 75.7 cm³/mol.